The molecule has 1 aliphatic rings. The van der Waals surface area contributed by atoms with Gasteiger partial charge in [-0.25, -0.2) is 4.79 Å². The van der Waals surface area contributed by atoms with E-state index in [0.29, 0.717) is 16.5 Å². The second kappa shape index (κ2) is 4.72. The third kappa shape index (κ3) is 2.24. The van der Waals surface area contributed by atoms with Crippen LogP contribution < -0.4 is 5.43 Å². The number of aromatic nitrogens is 1. The monoisotopic (exact) mass is 285 g/mol. The average Bonchev–Trinajstić information content (AvgIpc) is 2.46. The largest absolute Gasteiger partial charge is 0.465 e. The van der Waals surface area contributed by atoms with Gasteiger partial charge in [0, 0.05) is 11.3 Å². The van der Waals surface area contributed by atoms with Crippen molar-refractivity contribution >= 4 is 16.9 Å². The summed E-state index contributed by atoms with van der Waals surface area (Å²) in [6.07, 6.45) is 2.66. The van der Waals surface area contributed by atoms with Crippen LogP contribution >= 0.6 is 0 Å². The molecule has 1 aromatic heterocycles. The van der Waals surface area contributed by atoms with Crippen LogP contribution in [0.1, 0.15) is 41.9 Å². The van der Waals surface area contributed by atoms with Gasteiger partial charge in [0.25, 0.3) is 0 Å². The van der Waals surface area contributed by atoms with Gasteiger partial charge in [0.05, 0.1) is 23.6 Å². The first-order valence-corrected chi connectivity index (χ1v) is 7.18. The van der Waals surface area contributed by atoms with Gasteiger partial charge in [-0.05, 0) is 36.8 Å². The zero-order valence-corrected chi connectivity index (χ0v) is 12.6. The molecule has 0 atom stereocenters. The Balaban J connectivity index is 2.32. The molecule has 0 bridgehead atoms. The molecule has 0 saturated heterocycles. The van der Waals surface area contributed by atoms with E-state index in [4.69, 9.17) is 4.74 Å². The van der Waals surface area contributed by atoms with Crippen molar-refractivity contribution in [3.8, 4) is 0 Å². The van der Waals surface area contributed by atoms with E-state index in [-0.39, 0.29) is 10.8 Å². The first-order valence-electron chi connectivity index (χ1n) is 7.18. The standard InChI is InChI=1S/C17H19NO3/c1-17(2)8-7-12-11(9-17)15(19)14-10(16(20)21-3)5-4-6-13(14)18-12/h4-6H,7-9H2,1-3H3,(H,18,19). The van der Waals surface area contributed by atoms with Crippen molar-refractivity contribution in [2.75, 3.05) is 7.11 Å². The highest BCUT2D eigenvalue weighted by Gasteiger charge is 2.29. The molecular formula is C17H19NO3. The SMILES string of the molecule is COC(=O)c1cccc2[nH]c3c(c(=O)c12)CC(C)(C)CC3. The molecule has 0 unspecified atom stereocenters. The molecule has 21 heavy (non-hydrogen) atoms. The van der Waals surface area contributed by atoms with Gasteiger partial charge in [-0.2, -0.15) is 0 Å². The highest BCUT2D eigenvalue weighted by atomic mass is 16.5. The number of methoxy groups -OCH3 is 1. The highest BCUT2D eigenvalue weighted by Crippen LogP contribution is 2.33. The number of nitrogens with one attached hydrogen (secondary N) is 1. The number of ether oxygens (including phenoxy) is 1. The molecule has 0 amide bonds. The topological polar surface area (TPSA) is 59.2 Å². The van der Waals surface area contributed by atoms with Gasteiger partial charge in [0.2, 0.25) is 0 Å². The fourth-order valence-electron chi connectivity index (χ4n) is 3.14. The van der Waals surface area contributed by atoms with Crippen LogP contribution in [0.15, 0.2) is 23.0 Å². The van der Waals surface area contributed by atoms with Crippen molar-refractivity contribution in [2.45, 2.75) is 33.1 Å². The molecule has 4 heteroatoms. The zero-order valence-electron chi connectivity index (χ0n) is 12.6. The zero-order chi connectivity index (χ0) is 15.2. The smallest absolute Gasteiger partial charge is 0.338 e. The van der Waals surface area contributed by atoms with Crippen molar-refractivity contribution in [3.63, 3.8) is 0 Å². The van der Waals surface area contributed by atoms with E-state index in [1.807, 2.05) is 6.07 Å². The van der Waals surface area contributed by atoms with E-state index < -0.39 is 5.97 Å². The van der Waals surface area contributed by atoms with Gasteiger partial charge < -0.3 is 9.72 Å². The number of fused-ring (bicyclic) bond motifs is 2. The first kappa shape index (κ1) is 13.9. The Kier molecular flexibility index (Phi) is 3.12. The molecule has 1 heterocycles. The minimum Gasteiger partial charge on any atom is -0.465 e. The number of esters is 1. The molecule has 2 aromatic rings. The van der Waals surface area contributed by atoms with E-state index in [1.54, 1.807) is 12.1 Å². The molecule has 1 N–H and O–H groups in total. The lowest BCUT2D eigenvalue weighted by Crippen LogP contribution is -2.29. The van der Waals surface area contributed by atoms with Crippen molar-refractivity contribution < 1.29 is 9.53 Å². The predicted octanol–water partition coefficient (Wildman–Crippen LogP) is 2.83. The average molecular weight is 285 g/mol. The molecule has 110 valence electrons. The third-order valence-electron chi connectivity index (χ3n) is 4.33. The minimum absolute atomic E-state index is 0.0347. The fraction of sp³-hybridized carbons (Fsp3) is 0.412. The Labute approximate surface area is 123 Å². The molecule has 0 aliphatic heterocycles. The first-order chi connectivity index (χ1) is 9.93. The summed E-state index contributed by atoms with van der Waals surface area (Å²) in [6, 6.07) is 5.25. The van der Waals surface area contributed by atoms with E-state index in [9.17, 15) is 9.59 Å². The summed E-state index contributed by atoms with van der Waals surface area (Å²) in [5.41, 5.74) is 2.95. The summed E-state index contributed by atoms with van der Waals surface area (Å²) < 4.78 is 4.79. The number of H-pyrrole nitrogens is 1. The van der Waals surface area contributed by atoms with Gasteiger partial charge in [-0.1, -0.05) is 19.9 Å². The number of carbonyl (C=O) groups is 1. The lowest BCUT2D eigenvalue weighted by molar-refractivity contribution is 0.0603. The molecule has 3 rings (SSSR count). The molecule has 1 aromatic carbocycles. The number of pyridine rings is 1. The number of benzene rings is 1. The Bertz CT molecular complexity index is 786. The molecule has 0 fully saturated rings. The van der Waals surface area contributed by atoms with Crippen LogP contribution in [0.25, 0.3) is 10.9 Å². The number of carbonyl (C=O) groups excluding carboxylic acids is 1. The Morgan fingerprint density at radius 1 is 1.33 bits per heavy atom. The van der Waals surface area contributed by atoms with Crippen molar-refractivity contribution in [3.05, 3.63) is 45.2 Å². The van der Waals surface area contributed by atoms with E-state index in [0.717, 1.165) is 30.5 Å². The molecule has 0 radical (unpaired) electrons. The van der Waals surface area contributed by atoms with Crippen LogP contribution in [-0.2, 0) is 17.6 Å². The molecule has 0 spiro atoms. The van der Waals surface area contributed by atoms with Gasteiger partial charge in [0.1, 0.15) is 0 Å². The minimum atomic E-state index is -0.471. The van der Waals surface area contributed by atoms with Crippen LogP contribution in [0.3, 0.4) is 0 Å². The quantitative estimate of drug-likeness (QED) is 0.820. The van der Waals surface area contributed by atoms with Gasteiger partial charge >= 0.3 is 5.97 Å². The van der Waals surface area contributed by atoms with Crippen LogP contribution in [0, 0.1) is 5.41 Å². The number of aryl methyl sites for hydroxylation is 1. The summed E-state index contributed by atoms with van der Waals surface area (Å²) in [7, 11) is 1.33. The molecular weight excluding hydrogens is 266 g/mol. The summed E-state index contributed by atoms with van der Waals surface area (Å²) in [4.78, 5) is 28.1. The Hall–Kier alpha value is -2.10. The Morgan fingerprint density at radius 3 is 2.81 bits per heavy atom. The van der Waals surface area contributed by atoms with Crippen molar-refractivity contribution in [1.29, 1.82) is 0 Å². The van der Waals surface area contributed by atoms with E-state index in [2.05, 4.69) is 18.8 Å². The lowest BCUT2D eigenvalue weighted by atomic mass is 9.75. The summed E-state index contributed by atoms with van der Waals surface area (Å²) in [5, 5.41) is 0.445. The maximum Gasteiger partial charge on any atom is 0.338 e. The molecule has 1 aliphatic carbocycles. The van der Waals surface area contributed by atoms with E-state index >= 15 is 0 Å². The number of aromatic amines is 1. The van der Waals surface area contributed by atoms with Crippen LogP contribution in [0.2, 0.25) is 0 Å². The van der Waals surface area contributed by atoms with Crippen molar-refractivity contribution in [1.82, 2.24) is 4.98 Å². The summed E-state index contributed by atoms with van der Waals surface area (Å²) >= 11 is 0. The van der Waals surface area contributed by atoms with Crippen molar-refractivity contribution in [2.24, 2.45) is 5.41 Å². The maximum atomic E-state index is 12.9. The maximum absolute atomic E-state index is 12.9. The van der Waals surface area contributed by atoms with E-state index in [1.165, 1.54) is 7.11 Å². The van der Waals surface area contributed by atoms with Gasteiger partial charge in [-0.3, -0.25) is 4.79 Å². The normalized spacial score (nSPS) is 16.5. The lowest BCUT2D eigenvalue weighted by Gasteiger charge is -2.30. The predicted molar refractivity (Wildman–Crippen MR) is 81.7 cm³/mol. The van der Waals surface area contributed by atoms with Gasteiger partial charge in [-0.15, -0.1) is 0 Å². The fourth-order valence-corrected chi connectivity index (χ4v) is 3.14. The third-order valence-corrected chi connectivity index (χ3v) is 4.33. The summed E-state index contributed by atoms with van der Waals surface area (Å²) in [5.74, 6) is -0.471. The number of hydrogen-bond donors (Lipinski definition) is 1. The second-order valence-corrected chi connectivity index (χ2v) is 6.47. The van der Waals surface area contributed by atoms with Gasteiger partial charge in [0.15, 0.2) is 5.43 Å². The molecule has 0 saturated carbocycles. The number of hydrogen-bond acceptors (Lipinski definition) is 3. The summed E-state index contributed by atoms with van der Waals surface area (Å²) in [6.45, 7) is 4.34. The van der Waals surface area contributed by atoms with Crippen LogP contribution in [0.4, 0.5) is 0 Å². The number of rotatable bonds is 1. The molecule has 4 nitrogen and oxygen atoms in total. The highest BCUT2D eigenvalue weighted by molar-refractivity contribution is 6.03. The second-order valence-electron chi connectivity index (χ2n) is 6.47. The Morgan fingerprint density at radius 2 is 2.10 bits per heavy atom. The van der Waals surface area contributed by atoms with Crippen LogP contribution in [-0.4, -0.2) is 18.1 Å². The van der Waals surface area contributed by atoms with Crippen LogP contribution in [0.5, 0.6) is 0 Å².